The van der Waals surface area contributed by atoms with Gasteiger partial charge in [-0.2, -0.15) is 0 Å². The Morgan fingerprint density at radius 3 is 2.58 bits per heavy atom. The quantitative estimate of drug-likeness (QED) is 0.748. The van der Waals surface area contributed by atoms with Crippen molar-refractivity contribution in [1.29, 1.82) is 0 Å². The standard InChI is InChI=1S/C24H26N4O3/c1-17(29)28-14-12-18-7-2-4-10-20(18)22(28)15-23(30)25-26-24(31)16-27-13-6-9-19-8-3-5-11-21(19)27/h2-5,7-8,10-12,14,22H,6,9,13,15-16H2,1H3,(H,25,30)(H,26,31)/t22-/m1/s1. The third-order valence-corrected chi connectivity index (χ3v) is 5.73. The summed E-state index contributed by atoms with van der Waals surface area (Å²) >= 11 is 0. The third-order valence-electron chi connectivity index (χ3n) is 5.73. The minimum Gasteiger partial charge on any atom is -0.362 e. The molecule has 31 heavy (non-hydrogen) atoms. The van der Waals surface area contributed by atoms with Crippen molar-refractivity contribution < 1.29 is 14.4 Å². The third kappa shape index (κ3) is 4.60. The normalized spacial score (nSPS) is 16.9. The van der Waals surface area contributed by atoms with E-state index in [2.05, 4.69) is 16.9 Å². The Hall–Kier alpha value is -3.61. The van der Waals surface area contributed by atoms with Gasteiger partial charge in [0.1, 0.15) is 0 Å². The number of fused-ring (bicyclic) bond motifs is 2. The number of anilines is 1. The van der Waals surface area contributed by atoms with E-state index in [1.807, 2.05) is 53.4 Å². The number of nitrogens with zero attached hydrogens (tertiary/aromatic N) is 2. The van der Waals surface area contributed by atoms with Gasteiger partial charge in [0.25, 0.3) is 5.91 Å². The zero-order chi connectivity index (χ0) is 21.8. The summed E-state index contributed by atoms with van der Waals surface area (Å²) < 4.78 is 0. The zero-order valence-corrected chi connectivity index (χ0v) is 17.5. The lowest BCUT2D eigenvalue weighted by Gasteiger charge is -2.32. The first kappa shape index (κ1) is 20.7. The van der Waals surface area contributed by atoms with Crippen LogP contribution in [0.4, 0.5) is 5.69 Å². The van der Waals surface area contributed by atoms with Crippen molar-refractivity contribution in [3.05, 3.63) is 71.4 Å². The monoisotopic (exact) mass is 418 g/mol. The number of rotatable bonds is 4. The average molecular weight is 418 g/mol. The van der Waals surface area contributed by atoms with Crippen molar-refractivity contribution in [3.63, 3.8) is 0 Å². The molecular formula is C24H26N4O3. The fraction of sp³-hybridized carbons (Fsp3) is 0.292. The molecule has 1 atom stereocenters. The molecule has 7 heteroatoms. The predicted molar refractivity (Wildman–Crippen MR) is 119 cm³/mol. The highest BCUT2D eigenvalue weighted by Gasteiger charge is 2.28. The molecule has 0 saturated carbocycles. The molecule has 0 fully saturated rings. The topological polar surface area (TPSA) is 81.8 Å². The molecule has 2 aliphatic rings. The van der Waals surface area contributed by atoms with E-state index >= 15 is 0 Å². The van der Waals surface area contributed by atoms with Gasteiger partial charge in [-0.1, -0.05) is 42.5 Å². The van der Waals surface area contributed by atoms with Crippen molar-refractivity contribution in [1.82, 2.24) is 15.8 Å². The molecule has 7 nitrogen and oxygen atoms in total. The van der Waals surface area contributed by atoms with Gasteiger partial charge in [-0.05, 0) is 41.7 Å². The van der Waals surface area contributed by atoms with Gasteiger partial charge in [-0.25, -0.2) is 0 Å². The summed E-state index contributed by atoms with van der Waals surface area (Å²) in [6, 6.07) is 15.3. The number of hydrogen-bond acceptors (Lipinski definition) is 4. The minimum absolute atomic E-state index is 0.0494. The predicted octanol–water partition coefficient (Wildman–Crippen LogP) is 2.55. The Morgan fingerprint density at radius 1 is 1.00 bits per heavy atom. The highest BCUT2D eigenvalue weighted by atomic mass is 16.2. The van der Waals surface area contributed by atoms with Crippen LogP contribution in [0.15, 0.2) is 54.7 Å². The van der Waals surface area contributed by atoms with Crippen LogP contribution in [0, 0.1) is 0 Å². The Morgan fingerprint density at radius 2 is 1.74 bits per heavy atom. The summed E-state index contributed by atoms with van der Waals surface area (Å²) in [6.45, 7) is 2.45. The van der Waals surface area contributed by atoms with Crippen LogP contribution < -0.4 is 15.8 Å². The van der Waals surface area contributed by atoms with Gasteiger partial charge >= 0.3 is 0 Å². The van der Waals surface area contributed by atoms with Gasteiger partial charge < -0.3 is 9.80 Å². The summed E-state index contributed by atoms with van der Waals surface area (Å²) in [5.74, 6) is -0.775. The van der Waals surface area contributed by atoms with Crippen LogP contribution >= 0.6 is 0 Å². The van der Waals surface area contributed by atoms with Gasteiger partial charge in [0.05, 0.1) is 19.0 Å². The van der Waals surface area contributed by atoms with Crippen molar-refractivity contribution in [2.75, 3.05) is 18.0 Å². The summed E-state index contributed by atoms with van der Waals surface area (Å²) in [7, 11) is 0. The van der Waals surface area contributed by atoms with E-state index in [-0.39, 0.29) is 30.7 Å². The molecule has 0 aromatic heterocycles. The second-order valence-corrected chi connectivity index (χ2v) is 7.84. The number of benzene rings is 2. The molecule has 0 aliphatic carbocycles. The molecule has 2 heterocycles. The van der Waals surface area contributed by atoms with Crippen molar-refractivity contribution >= 4 is 29.5 Å². The van der Waals surface area contributed by atoms with E-state index in [4.69, 9.17) is 0 Å². The van der Waals surface area contributed by atoms with E-state index in [0.717, 1.165) is 36.2 Å². The van der Waals surface area contributed by atoms with E-state index in [1.54, 1.807) is 11.1 Å². The number of aryl methyl sites for hydroxylation is 1. The second-order valence-electron chi connectivity index (χ2n) is 7.84. The fourth-order valence-corrected chi connectivity index (χ4v) is 4.27. The number of hydrogen-bond donors (Lipinski definition) is 2. The molecule has 0 unspecified atom stereocenters. The van der Waals surface area contributed by atoms with Gasteiger partial charge in [0.2, 0.25) is 11.8 Å². The maximum Gasteiger partial charge on any atom is 0.257 e. The van der Waals surface area contributed by atoms with Crippen LogP contribution in [0.3, 0.4) is 0 Å². The fourth-order valence-electron chi connectivity index (χ4n) is 4.27. The molecule has 3 amide bonds. The minimum atomic E-state index is -0.412. The Bertz CT molecular complexity index is 1030. The number of hydrazine groups is 1. The van der Waals surface area contributed by atoms with Crippen molar-refractivity contribution in [3.8, 4) is 0 Å². The maximum atomic E-state index is 12.6. The molecule has 0 radical (unpaired) electrons. The molecule has 2 aromatic rings. The van der Waals surface area contributed by atoms with Gasteiger partial charge in [0, 0.05) is 25.4 Å². The molecule has 4 rings (SSSR count). The highest BCUT2D eigenvalue weighted by Crippen LogP contribution is 2.32. The van der Waals surface area contributed by atoms with Crippen LogP contribution in [-0.4, -0.2) is 35.7 Å². The molecule has 0 bridgehead atoms. The Labute approximate surface area is 181 Å². The Kier molecular flexibility index (Phi) is 6.02. The van der Waals surface area contributed by atoms with Crippen molar-refractivity contribution in [2.24, 2.45) is 0 Å². The second kappa shape index (κ2) is 9.04. The van der Waals surface area contributed by atoms with Gasteiger partial charge in [-0.15, -0.1) is 0 Å². The lowest BCUT2D eigenvalue weighted by atomic mass is 9.93. The van der Waals surface area contributed by atoms with Crippen LogP contribution in [0.25, 0.3) is 6.08 Å². The molecule has 160 valence electrons. The van der Waals surface area contributed by atoms with Crippen LogP contribution in [-0.2, 0) is 20.8 Å². The van der Waals surface area contributed by atoms with Crippen LogP contribution in [0.2, 0.25) is 0 Å². The van der Waals surface area contributed by atoms with Gasteiger partial charge in [-0.3, -0.25) is 25.2 Å². The molecule has 2 N–H and O–H groups in total. The number of amides is 3. The molecule has 2 aromatic carbocycles. The number of carbonyl (C=O) groups excluding carboxylic acids is 3. The summed E-state index contributed by atoms with van der Waals surface area (Å²) in [5, 5.41) is 0. The average Bonchev–Trinajstić information content (AvgIpc) is 2.78. The first-order valence-electron chi connectivity index (χ1n) is 10.5. The highest BCUT2D eigenvalue weighted by molar-refractivity contribution is 5.86. The number of para-hydroxylation sites is 1. The first-order chi connectivity index (χ1) is 15.0. The number of carbonyl (C=O) groups is 3. The molecule has 0 spiro atoms. The van der Waals surface area contributed by atoms with Gasteiger partial charge in [0.15, 0.2) is 0 Å². The Balaban J connectivity index is 1.35. The number of nitrogens with one attached hydrogen (secondary N) is 2. The summed E-state index contributed by atoms with van der Waals surface area (Å²) in [5.41, 5.74) is 9.21. The summed E-state index contributed by atoms with van der Waals surface area (Å²) in [6.07, 6.45) is 5.62. The lowest BCUT2D eigenvalue weighted by molar-refractivity contribution is -0.132. The SMILES string of the molecule is CC(=O)N1C=Cc2ccccc2[C@H]1CC(=O)NNC(=O)CN1CCCc2ccccc21. The van der Waals surface area contributed by atoms with Crippen LogP contribution in [0.1, 0.15) is 42.5 Å². The molecule has 0 saturated heterocycles. The smallest absolute Gasteiger partial charge is 0.257 e. The van der Waals surface area contributed by atoms with Crippen LogP contribution in [0.5, 0.6) is 0 Å². The zero-order valence-electron chi connectivity index (χ0n) is 17.5. The maximum absolute atomic E-state index is 12.6. The lowest BCUT2D eigenvalue weighted by Crippen LogP contribution is -2.48. The first-order valence-corrected chi connectivity index (χ1v) is 10.5. The van der Waals surface area contributed by atoms with E-state index < -0.39 is 6.04 Å². The molecular weight excluding hydrogens is 392 g/mol. The van der Waals surface area contributed by atoms with E-state index in [9.17, 15) is 14.4 Å². The van der Waals surface area contributed by atoms with Crippen molar-refractivity contribution in [2.45, 2.75) is 32.2 Å². The molecule has 2 aliphatic heterocycles. The largest absolute Gasteiger partial charge is 0.362 e. The van der Waals surface area contributed by atoms with E-state index in [0.29, 0.717) is 0 Å². The summed E-state index contributed by atoms with van der Waals surface area (Å²) in [4.78, 5) is 40.7. The van der Waals surface area contributed by atoms with E-state index in [1.165, 1.54) is 12.5 Å².